The monoisotopic (exact) mass is 394 g/mol. The van der Waals surface area contributed by atoms with Gasteiger partial charge in [-0.25, -0.2) is 17.5 Å². The lowest BCUT2D eigenvalue weighted by molar-refractivity contribution is 0.426. The Morgan fingerprint density at radius 1 is 1.12 bits per heavy atom. The Bertz CT molecular complexity index is 1050. The molecule has 26 heavy (non-hydrogen) atoms. The van der Waals surface area contributed by atoms with E-state index in [0.29, 0.717) is 21.8 Å². The zero-order chi connectivity index (χ0) is 19.1. The molecule has 138 valence electrons. The fourth-order valence-corrected chi connectivity index (χ4v) is 5.61. The van der Waals surface area contributed by atoms with Crippen LogP contribution >= 0.6 is 11.3 Å². The minimum absolute atomic E-state index is 0.0742. The number of rotatable bonds is 5. The van der Waals surface area contributed by atoms with Gasteiger partial charge in [-0.1, -0.05) is 17.3 Å². The Morgan fingerprint density at radius 2 is 1.77 bits per heavy atom. The van der Waals surface area contributed by atoms with Crippen LogP contribution in [-0.4, -0.2) is 13.6 Å². The summed E-state index contributed by atoms with van der Waals surface area (Å²) in [6.45, 7) is 7.38. The fraction of sp³-hybridized carbons (Fsp3) is 0.278. The van der Waals surface area contributed by atoms with Crippen molar-refractivity contribution in [3.05, 3.63) is 56.7 Å². The highest BCUT2D eigenvalue weighted by molar-refractivity contribution is 7.89. The molecule has 0 aliphatic heterocycles. The van der Waals surface area contributed by atoms with Crippen LogP contribution in [-0.2, 0) is 16.6 Å². The minimum atomic E-state index is -3.79. The molecule has 1 N–H and O–H groups in total. The van der Waals surface area contributed by atoms with E-state index in [9.17, 15) is 12.8 Å². The molecular formula is C18H19FN2O3S2. The van der Waals surface area contributed by atoms with Gasteiger partial charge >= 0.3 is 0 Å². The number of aromatic nitrogens is 1. The Kier molecular flexibility index (Phi) is 5.01. The number of nitrogens with zero attached hydrogens (tertiary/aromatic N) is 1. The van der Waals surface area contributed by atoms with Crippen molar-refractivity contribution in [3.8, 4) is 11.3 Å². The van der Waals surface area contributed by atoms with Gasteiger partial charge in [-0.2, -0.15) is 0 Å². The fourth-order valence-electron chi connectivity index (χ4n) is 2.75. The van der Waals surface area contributed by atoms with Gasteiger partial charge in [-0.3, -0.25) is 0 Å². The number of benzene rings is 1. The number of thiophene rings is 1. The number of hydrogen-bond donors (Lipinski definition) is 1. The second-order valence-electron chi connectivity index (χ2n) is 6.09. The second-order valence-corrected chi connectivity index (χ2v) is 9.22. The van der Waals surface area contributed by atoms with Crippen molar-refractivity contribution in [2.75, 3.05) is 0 Å². The van der Waals surface area contributed by atoms with Crippen molar-refractivity contribution in [2.45, 2.75) is 39.1 Å². The summed E-state index contributed by atoms with van der Waals surface area (Å²) in [5, 5.41) is 3.95. The van der Waals surface area contributed by atoms with Crippen molar-refractivity contribution < 1.29 is 17.3 Å². The molecule has 0 radical (unpaired) electrons. The lowest BCUT2D eigenvalue weighted by Gasteiger charge is -2.09. The average molecular weight is 394 g/mol. The molecule has 0 fully saturated rings. The molecule has 0 bridgehead atoms. The molecule has 2 aromatic heterocycles. The summed E-state index contributed by atoms with van der Waals surface area (Å²) in [6.07, 6.45) is 0. The smallest absolute Gasteiger partial charge is 0.242 e. The largest absolute Gasteiger partial charge is 0.356 e. The molecule has 0 aliphatic carbocycles. The molecule has 5 nitrogen and oxygen atoms in total. The number of halogens is 1. The maximum atomic E-state index is 13.0. The van der Waals surface area contributed by atoms with E-state index in [2.05, 4.69) is 9.88 Å². The minimum Gasteiger partial charge on any atom is -0.356 e. The second kappa shape index (κ2) is 6.94. The van der Waals surface area contributed by atoms with E-state index in [-0.39, 0.29) is 17.3 Å². The molecule has 0 unspecified atom stereocenters. The van der Waals surface area contributed by atoms with E-state index in [1.807, 2.05) is 20.8 Å². The third kappa shape index (κ3) is 3.44. The molecule has 0 aliphatic rings. The SMILES string of the molecule is Cc1noc(-c2c(C)sc(C)c2S(=O)(=O)NCc2ccc(F)cc2)c1C. The number of aryl methyl sites for hydroxylation is 3. The third-order valence-electron chi connectivity index (χ3n) is 4.24. The summed E-state index contributed by atoms with van der Waals surface area (Å²) in [4.78, 5) is 1.74. The molecule has 0 spiro atoms. The number of nitrogens with one attached hydrogen (secondary N) is 1. The van der Waals surface area contributed by atoms with E-state index < -0.39 is 10.0 Å². The van der Waals surface area contributed by atoms with E-state index in [1.165, 1.54) is 23.5 Å². The van der Waals surface area contributed by atoms with Gasteiger partial charge in [0.25, 0.3) is 0 Å². The molecule has 0 atom stereocenters. The standard InChI is InChI=1S/C18H19FN2O3S2/c1-10-11(2)21-24-17(10)16-12(3)25-13(4)18(16)26(22,23)20-9-14-5-7-15(19)8-6-14/h5-8,20H,9H2,1-4H3. The van der Waals surface area contributed by atoms with E-state index >= 15 is 0 Å². The lowest BCUT2D eigenvalue weighted by atomic mass is 10.1. The van der Waals surface area contributed by atoms with Crippen molar-refractivity contribution in [2.24, 2.45) is 0 Å². The normalized spacial score (nSPS) is 11.9. The molecule has 0 amide bonds. The highest BCUT2D eigenvalue weighted by atomic mass is 32.2. The van der Waals surface area contributed by atoms with Crippen LogP contribution in [0.1, 0.15) is 26.6 Å². The average Bonchev–Trinajstić information content (AvgIpc) is 3.06. The first kappa shape index (κ1) is 18.8. The van der Waals surface area contributed by atoms with Gasteiger partial charge in [0.2, 0.25) is 10.0 Å². The molecule has 3 aromatic rings. The van der Waals surface area contributed by atoms with Crippen molar-refractivity contribution >= 4 is 21.4 Å². The van der Waals surface area contributed by atoms with Crippen LogP contribution in [0.4, 0.5) is 4.39 Å². The Hall–Kier alpha value is -2.03. The Morgan fingerprint density at radius 3 is 2.35 bits per heavy atom. The van der Waals surface area contributed by atoms with Gasteiger partial charge in [0.05, 0.1) is 11.3 Å². The zero-order valence-electron chi connectivity index (χ0n) is 14.9. The first-order chi connectivity index (χ1) is 12.2. The van der Waals surface area contributed by atoms with E-state index in [1.54, 1.807) is 19.1 Å². The zero-order valence-corrected chi connectivity index (χ0v) is 16.5. The van der Waals surface area contributed by atoms with Crippen LogP contribution in [0, 0.1) is 33.5 Å². The highest BCUT2D eigenvalue weighted by Gasteiger charge is 2.29. The van der Waals surface area contributed by atoms with Crippen LogP contribution < -0.4 is 4.72 Å². The molecule has 2 heterocycles. The maximum absolute atomic E-state index is 13.0. The van der Waals surface area contributed by atoms with Crippen molar-refractivity contribution in [3.63, 3.8) is 0 Å². The van der Waals surface area contributed by atoms with Crippen LogP contribution in [0.5, 0.6) is 0 Å². The topological polar surface area (TPSA) is 72.2 Å². The molecule has 8 heteroatoms. The summed E-state index contributed by atoms with van der Waals surface area (Å²) >= 11 is 1.40. The van der Waals surface area contributed by atoms with Gasteiger partial charge in [-0.15, -0.1) is 11.3 Å². The predicted molar refractivity (Wildman–Crippen MR) is 99.2 cm³/mol. The first-order valence-electron chi connectivity index (χ1n) is 7.98. The van der Waals surface area contributed by atoms with Gasteiger partial charge in [0.15, 0.2) is 5.76 Å². The summed E-state index contributed by atoms with van der Waals surface area (Å²) in [7, 11) is -3.79. The van der Waals surface area contributed by atoms with Crippen LogP contribution in [0.25, 0.3) is 11.3 Å². The van der Waals surface area contributed by atoms with E-state index in [0.717, 1.165) is 16.1 Å². The summed E-state index contributed by atoms with van der Waals surface area (Å²) in [5.41, 5.74) is 2.77. The van der Waals surface area contributed by atoms with Gasteiger partial charge in [0.1, 0.15) is 10.7 Å². The lowest BCUT2D eigenvalue weighted by Crippen LogP contribution is -2.24. The Balaban J connectivity index is 2.00. The Labute approximate surface area is 155 Å². The van der Waals surface area contributed by atoms with Crippen LogP contribution in [0.15, 0.2) is 33.7 Å². The molecule has 3 rings (SSSR count). The molecular weight excluding hydrogens is 375 g/mol. The number of sulfonamides is 1. The summed E-state index contributed by atoms with van der Waals surface area (Å²) < 4.78 is 47.0. The quantitative estimate of drug-likeness (QED) is 0.702. The van der Waals surface area contributed by atoms with Gasteiger partial charge < -0.3 is 4.52 Å². The van der Waals surface area contributed by atoms with Crippen LogP contribution in [0.3, 0.4) is 0 Å². The summed E-state index contributed by atoms with van der Waals surface area (Å²) in [5.74, 6) is 0.117. The van der Waals surface area contributed by atoms with Crippen LogP contribution in [0.2, 0.25) is 0 Å². The highest BCUT2D eigenvalue weighted by Crippen LogP contribution is 2.40. The summed E-state index contributed by atoms with van der Waals surface area (Å²) in [6, 6.07) is 5.70. The van der Waals surface area contributed by atoms with E-state index in [4.69, 9.17) is 4.52 Å². The van der Waals surface area contributed by atoms with Crippen molar-refractivity contribution in [1.82, 2.24) is 9.88 Å². The first-order valence-corrected chi connectivity index (χ1v) is 10.3. The van der Waals surface area contributed by atoms with Gasteiger partial charge in [0, 0.05) is 21.9 Å². The number of hydrogen-bond acceptors (Lipinski definition) is 5. The van der Waals surface area contributed by atoms with Crippen molar-refractivity contribution in [1.29, 1.82) is 0 Å². The molecule has 0 saturated heterocycles. The molecule has 0 saturated carbocycles. The maximum Gasteiger partial charge on any atom is 0.242 e. The third-order valence-corrected chi connectivity index (χ3v) is 6.96. The predicted octanol–water partition coefficient (Wildman–Crippen LogP) is 4.25. The molecule has 1 aromatic carbocycles. The van der Waals surface area contributed by atoms with Gasteiger partial charge in [-0.05, 0) is 45.4 Å².